The lowest BCUT2D eigenvalue weighted by atomic mass is 10.1. The zero-order valence-electron chi connectivity index (χ0n) is 16.3. The number of thioether (sulfide) groups is 1. The van der Waals surface area contributed by atoms with Crippen molar-refractivity contribution in [1.82, 2.24) is 0 Å². The van der Waals surface area contributed by atoms with Crippen molar-refractivity contribution in [3.63, 3.8) is 0 Å². The minimum atomic E-state index is -1.53. The summed E-state index contributed by atoms with van der Waals surface area (Å²) in [7, 11) is -1.53. The van der Waals surface area contributed by atoms with E-state index < -0.39 is 8.32 Å². The highest BCUT2D eigenvalue weighted by Crippen LogP contribution is 2.37. The van der Waals surface area contributed by atoms with Gasteiger partial charge < -0.3 is 4.43 Å². The summed E-state index contributed by atoms with van der Waals surface area (Å²) < 4.78 is 6.19. The van der Waals surface area contributed by atoms with E-state index in [1.807, 2.05) is 11.8 Å². The lowest BCUT2D eigenvalue weighted by Gasteiger charge is -2.35. The van der Waals surface area contributed by atoms with Crippen LogP contribution in [0.3, 0.4) is 0 Å². The van der Waals surface area contributed by atoms with Crippen LogP contribution in [-0.4, -0.2) is 20.0 Å². The standard InChI is InChI=1S/C19H42OSSi/c1-7-8-9-10-11-12-13-14-15-16-17-21-18-20-22(5,6)19(2,3)4/h7-18H2,1-6H3. The molecular formula is C19H42OSSi. The zero-order valence-corrected chi connectivity index (χ0v) is 18.1. The highest BCUT2D eigenvalue weighted by atomic mass is 32.2. The van der Waals surface area contributed by atoms with E-state index in [1.54, 1.807) is 0 Å². The van der Waals surface area contributed by atoms with E-state index in [2.05, 4.69) is 40.8 Å². The monoisotopic (exact) mass is 346 g/mol. The van der Waals surface area contributed by atoms with Gasteiger partial charge in [-0.1, -0.05) is 85.5 Å². The predicted octanol–water partition coefficient (Wildman–Crippen LogP) is 7.62. The molecule has 0 aliphatic carbocycles. The Balaban J connectivity index is 3.28. The quantitative estimate of drug-likeness (QED) is 0.182. The first-order valence-corrected chi connectivity index (χ1v) is 13.6. The molecule has 0 amide bonds. The second-order valence-corrected chi connectivity index (χ2v) is 14.0. The minimum Gasteiger partial charge on any atom is -0.408 e. The second kappa shape index (κ2) is 12.9. The van der Waals surface area contributed by atoms with Crippen LogP contribution in [0.1, 0.15) is 91.9 Å². The molecule has 0 saturated carbocycles. The number of rotatable bonds is 14. The van der Waals surface area contributed by atoms with Crippen LogP contribution in [0.15, 0.2) is 0 Å². The van der Waals surface area contributed by atoms with Gasteiger partial charge in [-0.05, 0) is 30.3 Å². The van der Waals surface area contributed by atoms with Gasteiger partial charge in [0.1, 0.15) is 0 Å². The van der Waals surface area contributed by atoms with Gasteiger partial charge in [0.05, 0.1) is 5.94 Å². The molecule has 0 aromatic heterocycles. The summed E-state index contributed by atoms with van der Waals surface area (Å²) in [4.78, 5) is 0. The average Bonchev–Trinajstić information content (AvgIpc) is 2.42. The highest BCUT2D eigenvalue weighted by molar-refractivity contribution is 7.99. The molecule has 0 saturated heterocycles. The van der Waals surface area contributed by atoms with Gasteiger partial charge >= 0.3 is 0 Å². The molecule has 134 valence electrons. The number of unbranched alkanes of at least 4 members (excludes halogenated alkanes) is 9. The fraction of sp³-hybridized carbons (Fsp3) is 1.00. The Morgan fingerprint density at radius 1 is 0.773 bits per heavy atom. The summed E-state index contributed by atoms with van der Waals surface area (Å²) in [6, 6.07) is 0. The van der Waals surface area contributed by atoms with Crippen LogP contribution >= 0.6 is 11.8 Å². The molecule has 0 bridgehead atoms. The molecule has 0 atom stereocenters. The molecule has 0 radical (unpaired) electrons. The largest absolute Gasteiger partial charge is 0.408 e. The fourth-order valence-corrected chi connectivity index (χ4v) is 4.63. The number of hydrogen-bond donors (Lipinski definition) is 0. The molecule has 22 heavy (non-hydrogen) atoms. The van der Waals surface area contributed by atoms with Crippen molar-refractivity contribution in [2.45, 2.75) is 110 Å². The normalized spacial score (nSPS) is 12.8. The molecule has 1 nitrogen and oxygen atoms in total. The van der Waals surface area contributed by atoms with E-state index in [-0.39, 0.29) is 0 Å². The molecule has 0 aliphatic heterocycles. The Morgan fingerprint density at radius 2 is 1.23 bits per heavy atom. The summed E-state index contributed by atoms with van der Waals surface area (Å²) in [6.45, 7) is 13.9. The van der Waals surface area contributed by atoms with Crippen LogP contribution in [0.4, 0.5) is 0 Å². The Morgan fingerprint density at radius 3 is 1.68 bits per heavy atom. The Labute approximate surface area is 146 Å². The summed E-state index contributed by atoms with van der Waals surface area (Å²) in [5.41, 5.74) is 0. The molecule has 0 N–H and O–H groups in total. The predicted molar refractivity (Wildman–Crippen MR) is 107 cm³/mol. The van der Waals surface area contributed by atoms with Crippen LogP contribution < -0.4 is 0 Å². The molecule has 0 aromatic carbocycles. The third-order valence-electron chi connectivity index (χ3n) is 4.95. The van der Waals surface area contributed by atoms with Gasteiger partial charge in [0.2, 0.25) is 0 Å². The molecule has 0 unspecified atom stereocenters. The summed E-state index contributed by atoms with van der Waals surface area (Å²) >= 11 is 1.99. The van der Waals surface area contributed by atoms with E-state index in [4.69, 9.17) is 4.43 Å². The molecule has 0 aromatic rings. The van der Waals surface area contributed by atoms with E-state index in [1.165, 1.54) is 70.0 Å². The van der Waals surface area contributed by atoms with Gasteiger partial charge in [0, 0.05) is 0 Å². The molecule has 0 aliphatic rings. The summed E-state index contributed by atoms with van der Waals surface area (Å²) in [5, 5.41) is 0.338. The van der Waals surface area contributed by atoms with Gasteiger partial charge in [-0.3, -0.25) is 0 Å². The van der Waals surface area contributed by atoms with Crippen LogP contribution in [0.5, 0.6) is 0 Å². The van der Waals surface area contributed by atoms with E-state index in [9.17, 15) is 0 Å². The first-order chi connectivity index (χ1) is 10.3. The number of hydrogen-bond acceptors (Lipinski definition) is 2. The summed E-state index contributed by atoms with van der Waals surface area (Å²) in [5.74, 6) is 2.17. The molecule has 0 rings (SSSR count). The van der Waals surface area contributed by atoms with Crippen molar-refractivity contribution < 1.29 is 4.43 Å². The smallest absolute Gasteiger partial charge is 0.193 e. The molecular weight excluding hydrogens is 304 g/mol. The van der Waals surface area contributed by atoms with Gasteiger partial charge in [0.15, 0.2) is 8.32 Å². The summed E-state index contributed by atoms with van der Waals surface area (Å²) in [6.07, 6.45) is 14.2. The van der Waals surface area contributed by atoms with Crippen LogP contribution in [0.25, 0.3) is 0 Å². The van der Waals surface area contributed by atoms with Gasteiger partial charge in [0.25, 0.3) is 0 Å². The van der Waals surface area contributed by atoms with Crippen molar-refractivity contribution in [2.24, 2.45) is 0 Å². The Kier molecular flexibility index (Phi) is 13.2. The zero-order chi connectivity index (χ0) is 16.9. The Hall–Kier alpha value is 0.527. The van der Waals surface area contributed by atoms with Crippen molar-refractivity contribution >= 4 is 20.1 Å². The molecule has 0 spiro atoms. The maximum atomic E-state index is 6.19. The molecule has 0 heterocycles. The van der Waals surface area contributed by atoms with Gasteiger partial charge in [-0.25, -0.2) is 0 Å². The second-order valence-electron chi connectivity index (χ2n) is 8.11. The van der Waals surface area contributed by atoms with Crippen LogP contribution in [0.2, 0.25) is 18.1 Å². The Bertz CT molecular complexity index is 248. The van der Waals surface area contributed by atoms with Crippen molar-refractivity contribution in [1.29, 1.82) is 0 Å². The molecule has 3 heteroatoms. The lowest BCUT2D eigenvalue weighted by Crippen LogP contribution is -2.40. The third-order valence-corrected chi connectivity index (χ3v) is 10.5. The lowest BCUT2D eigenvalue weighted by molar-refractivity contribution is 0.354. The van der Waals surface area contributed by atoms with Crippen molar-refractivity contribution in [2.75, 3.05) is 11.7 Å². The maximum Gasteiger partial charge on any atom is 0.193 e. The topological polar surface area (TPSA) is 9.23 Å². The van der Waals surface area contributed by atoms with Crippen LogP contribution in [0, 0.1) is 0 Å². The van der Waals surface area contributed by atoms with Crippen LogP contribution in [-0.2, 0) is 4.43 Å². The SMILES string of the molecule is CCCCCCCCCCCCSCO[Si](C)(C)C(C)(C)C. The fourth-order valence-electron chi connectivity index (χ4n) is 2.16. The first kappa shape index (κ1) is 22.5. The average molecular weight is 347 g/mol. The maximum absolute atomic E-state index is 6.19. The van der Waals surface area contributed by atoms with E-state index >= 15 is 0 Å². The van der Waals surface area contributed by atoms with Gasteiger partial charge in [-0.15, -0.1) is 11.8 Å². The minimum absolute atomic E-state index is 0.338. The van der Waals surface area contributed by atoms with E-state index in [0.29, 0.717) is 5.04 Å². The van der Waals surface area contributed by atoms with Gasteiger partial charge in [-0.2, -0.15) is 0 Å². The first-order valence-electron chi connectivity index (χ1n) is 9.53. The highest BCUT2D eigenvalue weighted by Gasteiger charge is 2.36. The van der Waals surface area contributed by atoms with E-state index in [0.717, 1.165) is 5.94 Å². The molecule has 0 fully saturated rings. The third kappa shape index (κ3) is 12.0. The van der Waals surface area contributed by atoms with Crippen molar-refractivity contribution in [3.8, 4) is 0 Å². The van der Waals surface area contributed by atoms with Crippen molar-refractivity contribution in [3.05, 3.63) is 0 Å².